The van der Waals surface area contributed by atoms with E-state index in [4.69, 9.17) is 11.5 Å². The molecule has 7 heteroatoms. The highest BCUT2D eigenvalue weighted by Crippen LogP contribution is 2.26. The predicted molar refractivity (Wildman–Crippen MR) is 104 cm³/mol. The monoisotopic (exact) mass is 363 g/mol. The molecular weight excluding hydrogens is 342 g/mol. The lowest BCUT2D eigenvalue weighted by Gasteiger charge is -2.11. The SMILES string of the molecule is NC(=O)c1cccc2cn(-c3ccc(NC(=O)[C@H]4CC[C@H](N)C4)cc3)nc12. The summed E-state index contributed by atoms with van der Waals surface area (Å²) in [5.41, 5.74) is 13.8. The highest BCUT2D eigenvalue weighted by atomic mass is 16.2. The predicted octanol–water partition coefficient (Wildman–Crippen LogP) is 2.19. The number of carbonyl (C=O) groups excluding carboxylic acids is 2. The van der Waals surface area contributed by atoms with Gasteiger partial charge >= 0.3 is 0 Å². The number of carbonyl (C=O) groups is 2. The molecule has 1 aromatic heterocycles. The van der Waals surface area contributed by atoms with Crippen LogP contribution in [-0.2, 0) is 4.79 Å². The van der Waals surface area contributed by atoms with Gasteiger partial charge in [-0.25, -0.2) is 4.68 Å². The van der Waals surface area contributed by atoms with E-state index in [0.717, 1.165) is 36.0 Å². The van der Waals surface area contributed by atoms with Gasteiger partial charge in [-0.1, -0.05) is 12.1 Å². The van der Waals surface area contributed by atoms with Crippen LogP contribution in [0.5, 0.6) is 0 Å². The van der Waals surface area contributed by atoms with Crippen molar-refractivity contribution in [1.29, 1.82) is 0 Å². The Bertz CT molecular complexity index is 1010. The average Bonchev–Trinajstić information content (AvgIpc) is 3.28. The number of nitrogens with one attached hydrogen (secondary N) is 1. The molecule has 2 aromatic carbocycles. The Morgan fingerprint density at radius 1 is 1.11 bits per heavy atom. The van der Waals surface area contributed by atoms with Gasteiger partial charge in [0, 0.05) is 29.2 Å². The minimum Gasteiger partial charge on any atom is -0.366 e. The largest absolute Gasteiger partial charge is 0.366 e. The van der Waals surface area contributed by atoms with Gasteiger partial charge in [0.1, 0.15) is 5.52 Å². The first-order chi connectivity index (χ1) is 13.0. The van der Waals surface area contributed by atoms with Crippen molar-refractivity contribution in [3.63, 3.8) is 0 Å². The lowest BCUT2D eigenvalue weighted by Crippen LogP contribution is -2.23. The third-order valence-electron chi connectivity index (χ3n) is 5.05. The van der Waals surface area contributed by atoms with Crippen LogP contribution in [0, 0.1) is 5.92 Å². The van der Waals surface area contributed by atoms with E-state index < -0.39 is 5.91 Å². The minimum absolute atomic E-state index is 0.0108. The molecule has 1 heterocycles. The van der Waals surface area contributed by atoms with Crippen molar-refractivity contribution in [2.24, 2.45) is 17.4 Å². The lowest BCUT2D eigenvalue weighted by molar-refractivity contribution is -0.119. The topological polar surface area (TPSA) is 116 Å². The fourth-order valence-electron chi connectivity index (χ4n) is 3.57. The minimum atomic E-state index is -0.504. The highest BCUT2D eigenvalue weighted by Gasteiger charge is 2.27. The normalized spacial score (nSPS) is 19.3. The van der Waals surface area contributed by atoms with Gasteiger partial charge in [0.05, 0.1) is 11.3 Å². The third-order valence-corrected chi connectivity index (χ3v) is 5.05. The summed E-state index contributed by atoms with van der Waals surface area (Å²) in [5.74, 6) is -0.495. The maximum Gasteiger partial charge on any atom is 0.250 e. The van der Waals surface area contributed by atoms with Crippen LogP contribution in [0.4, 0.5) is 5.69 Å². The van der Waals surface area contributed by atoms with Crippen molar-refractivity contribution < 1.29 is 9.59 Å². The van der Waals surface area contributed by atoms with Gasteiger partial charge in [-0.05, 0) is 49.6 Å². The first kappa shape index (κ1) is 17.2. The number of nitrogens with two attached hydrogens (primary N) is 2. The molecule has 1 aliphatic carbocycles. The second kappa shape index (κ2) is 6.85. The number of nitrogens with zero attached hydrogens (tertiary/aromatic N) is 2. The van der Waals surface area contributed by atoms with E-state index in [2.05, 4.69) is 10.4 Å². The molecule has 0 saturated heterocycles. The van der Waals surface area contributed by atoms with Crippen LogP contribution >= 0.6 is 0 Å². The Hall–Kier alpha value is -3.19. The van der Waals surface area contributed by atoms with Crippen molar-refractivity contribution in [3.05, 3.63) is 54.2 Å². The van der Waals surface area contributed by atoms with Crippen molar-refractivity contribution in [3.8, 4) is 5.69 Å². The zero-order valence-electron chi connectivity index (χ0n) is 14.8. The molecule has 7 nitrogen and oxygen atoms in total. The maximum atomic E-state index is 12.3. The molecule has 0 bridgehead atoms. The van der Waals surface area contributed by atoms with Crippen LogP contribution in [0.25, 0.3) is 16.6 Å². The first-order valence-corrected chi connectivity index (χ1v) is 8.96. The van der Waals surface area contributed by atoms with Crippen LogP contribution in [-0.4, -0.2) is 27.6 Å². The van der Waals surface area contributed by atoms with Crippen LogP contribution in [0.15, 0.2) is 48.7 Å². The molecule has 4 rings (SSSR count). The van der Waals surface area contributed by atoms with Gasteiger partial charge in [0.25, 0.3) is 5.91 Å². The first-order valence-electron chi connectivity index (χ1n) is 8.96. The summed E-state index contributed by atoms with van der Waals surface area (Å²) in [5, 5.41) is 8.26. The molecule has 1 fully saturated rings. The van der Waals surface area contributed by atoms with Gasteiger partial charge < -0.3 is 16.8 Å². The molecule has 0 unspecified atom stereocenters. The average molecular weight is 363 g/mol. The molecule has 2 atom stereocenters. The molecule has 1 saturated carbocycles. The molecule has 138 valence electrons. The lowest BCUT2D eigenvalue weighted by atomic mass is 10.1. The number of aromatic nitrogens is 2. The summed E-state index contributed by atoms with van der Waals surface area (Å²) in [4.78, 5) is 23.9. The Kier molecular flexibility index (Phi) is 4.37. The number of fused-ring (bicyclic) bond motifs is 1. The molecule has 5 N–H and O–H groups in total. The van der Waals surface area contributed by atoms with Gasteiger partial charge in [0.2, 0.25) is 5.91 Å². The molecule has 0 aliphatic heterocycles. The van der Waals surface area contributed by atoms with Crippen LogP contribution < -0.4 is 16.8 Å². The Balaban J connectivity index is 1.54. The summed E-state index contributed by atoms with van der Waals surface area (Å²) in [6.07, 6.45) is 4.32. The summed E-state index contributed by atoms with van der Waals surface area (Å²) in [6.45, 7) is 0. The third kappa shape index (κ3) is 3.41. The number of hydrogen-bond donors (Lipinski definition) is 3. The van der Waals surface area contributed by atoms with Crippen LogP contribution in [0.2, 0.25) is 0 Å². The van der Waals surface area contributed by atoms with E-state index in [1.165, 1.54) is 0 Å². The van der Waals surface area contributed by atoms with E-state index in [0.29, 0.717) is 11.1 Å². The number of anilines is 1. The quantitative estimate of drug-likeness (QED) is 0.659. The number of primary amides is 1. The van der Waals surface area contributed by atoms with Gasteiger partial charge in [-0.2, -0.15) is 5.10 Å². The Morgan fingerprint density at radius 3 is 2.56 bits per heavy atom. The van der Waals surface area contributed by atoms with Gasteiger partial charge in [0.15, 0.2) is 0 Å². The maximum absolute atomic E-state index is 12.3. The number of amides is 2. The summed E-state index contributed by atoms with van der Waals surface area (Å²) >= 11 is 0. The zero-order chi connectivity index (χ0) is 19.0. The fraction of sp³-hybridized carbons (Fsp3) is 0.250. The summed E-state index contributed by atoms with van der Waals surface area (Å²) < 4.78 is 1.69. The van der Waals surface area contributed by atoms with E-state index in [9.17, 15) is 9.59 Å². The molecular formula is C20H21N5O2. The van der Waals surface area contributed by atoms with Crippen molar-refractivity contribution in [2.75, 3.05) is 5.32 Å². The standard InChI is InChI=1S/C20H21N5O2/c21-14-5-4-12(10-14)20(27)23-15-6-8-16(9-7-15)25-11-13-2-1-3-17(19(22)26)18(13)24-25/h1-3,6-9,11-12,14H,4-5,10,21H2,(H2,22,26)(H,23,27)/t12-,14-/m0/s1. The van der Waals surface area contributed by atoms with Crippen molar-refractivity contribution in [2.45, 2.75) is 25.3 Å². The second-order valence-electron chi connectivity index (χ2n) is 6.99. The zero-order valence-corrected chi connectivity index (χ0v) is 14.8. The van der Waals surface area contributed by atoms with E-state index in [-0.39, 0.29) is 17.9 Å². The highest BCUT2D eigenvalue weighted by molar-refractivity contribution is 6.04. The summed E-state index contributed by atoms with van der Waals surface area (Å²) in [6, 6.07) is 12.9. The van der Waals surface area contributed by atoms with E-state index in [1.807, 2.05) is 36.5 Å². The Morgan fingerprint density at radius 2 is 1.89 bits per heavy atom. The van der Waals surface area contributed by atoms with E-state index in [1.54, 1.807) is 16.8 Å². The fourth-order valence-corrected chi connectivity index (χ4v) is 3.57. The van der Waals surface area contributed by atoms with E-state index >= 15 is 0 Å². The van der Waals surface area contributed by atoms with Crippen molar-refractivity contribution >= 4 is 28.4 Å². The number of hydrogen-bond acceptors (Lipinski definition) is 4. The Labute approximate surface area is 156 Å². The van der Waals surface area contributed by atoms with Gasteiger partial charge in [-0.15, -0.1) is 0 Å². The number of benzene rings is 2. The molecule has 27 heavy (non-hydrogen) atoms. The smallest absolute Gasteiger partial charge is 0.250 e. The molecule has 3 aromatic rings. The molecule has 0 radical (unpaired) electrons. The van der Waals surface area contributed by atoms with Crippen LogP contribution in [0.1, 0.15) is 29.6 Å². The summed E-state index contributed by atoms with van der Waals surface area (Å²) in [7, 11) is 0. The van der Waals surface area contributed by atoms with Crippen LogP contribution in [0.3, 0.4) is 0 Å². The molecule has 0 spiro atoms. The second-order valence-corrected chi connectivity index (χ2v) is 6.99. The molecule has 1 aliphatic rings. The van der Waals surface area contributed by atoms with Gasteiger partial charge in [-0.3, -0.25) is 9.59 Å². The number of rotatable bonds is 4. The molecule has 2 amide bonds. The van der Waals surface area contributed by atoms with Crippen molar-refractivity contribution in [1.82, 2.24) is 9.78 Å².